The lowest BCUT2D eigenvalue weighted by atomic mass is 9.85. The zero-order valence-corrected chi connectivity index (χ0v) is 10.2. The van der Waals surface area contributed by atoms with E-state index in [1.54, 1.807) is 0 Å². The Hall–Kier alpha value is -0.780. The summed E-state index contributed by atoms with van der Waals surface area (Å²) in [6.45, 7) is 0.584. The highest BCUT2D eigenvalue weighted by molar-refractivity contribution is 5.78. The molecule has 0 spiro atoms. The molecule has 3 nitrogen and oxygen atoms in total. The van der Waals surface area contributed by atoms with Crippen LogP contribution in [-0.2, 0) is 4.79 Å². The van der Waals surface area contributed by atoms with Gasteiger partial charge in [0.25, 0.3) is 0 Å². The highest BCUT2D eigenvalue weighted by atomic mass is 19.4. The van der Waals surface area contributed by atoms with Crippen molar-refractivity contribution >= 4 is 5.91 Å². The van der Waals surface area contributed by atoms with Gasteiger partial charge in [-0.05, 0) is 25.7 Å². The van der Waals surface area contributed by atoms with Crippen LogP contribution >= 0.6 is 0 Å². The standard InChI is InChI=1S/C12H19F3N2O/c13-12(14,15)8-2-1-3-9(6-8)16-7-10-4-5-11(18)17-10/h8-10,16H,1-7H2,(H,17,18). The van der Waals surface area contributed by atoms with Gasteiger partial charge in [-0.1, -0.05) is 6.42 Å². The summed E-state index contributed by atoms with van der Waals surface area (Å²) in [6.07, 6.45) is -0.913. The summed E-state index contributed by atoms with van der Waals surface area (Å²) in [6, 6.07) is 0.0200. The van der Waals surface area contributed by atoms with Crippen molar-refractivity contribution in [2.45, 2.75) is 56.8 Å². The molecule has 0 bridgehead atoms. The summed E-state index contributed by atoms with van der Waals surface area (Å²) in [5.74, 6) is -1.12. The number of alkyl halides is 3. The van der Waals surface area contributed by atoms with Gasteiger partial charge in [0.15, 0.2) is 0 Å². The molecule has 0 radical (unpaired) electrons. The molecule has 104 valence electrons. The zero-order chi connectivity index (χ0) is 13.2. The highest BCUT2D eigenvalue weighted by Crippen LogP contribution is 2.37. The molecule has 0 aromatic rings. The Balaban J connectivity index is 1.74. The molecule has 6 heteroatoms. The maximum atomic E-state index is 12.6. The molecule has 0 aromatic carbocycles. The van der Waals surface area contributed by atoms with E-state index in [0.29, 0.717) is 19.4 Å². The molecule has 1 aliphatic carbocycles. The van der Waals surface area contributed by atoms with E-state index in [1.807, 2.05) is 0 Å². The van der Waals surface area contributed by atoms with Crippen LogP contribution in [-0.4, -0.2) is 30.7 Å². The first-order valence-electron chi connectivity index (χ1n) is 6.54. The van der Waals surface area contributed by atoms with Crippen LogP contribution in [0.2, 0.25) is 0 Å². The number of amides is 1. The molecule has 1 saturated heterocycles. The second kappa shape index (κ2) is 5.47. The van der Waals surface area contributed by atoms with Gasteiger partial charge in [-0.3, -0.25) is 4.79 Å². The molecule has 1 aliphatic heterocycles. The average molecular weight is 264 g/mol. The van der Waals surface area contributed by atoms with E-state index in [4.69, 9.17) is 0 Å². The van der Waals surface area contributed by atoms with E-state index in [2.05, 4.69) is 10.6 Å². The van der Waals surface area contributed by atoms with Crippen molar-refractivity contribution < 1.29 is 18.0 Å². The van der Waals surface area contributed by atoms with Crippen LogP contribution in [0.5, 0.6) is 0 Å². The summed E-state index contributed by atoms with van der Waals surface area (Å²) in [4.78, 5) is 11.0. The van der Waals surface area contributed by atoms with Gasteiger partial charge >= 0.3 is 6.18 Å². The van der Waals surface area contributed by atoms with Crippen molar-refractivity contribution in [2.75, 3.05) is 6.54 Å². The van der Waals surface area contributed by atoms with Gasteiger partial charge in [-0.15, -0.1) is 0 Å². The summed E-state index contributed by atoms with van der Waals surface area (Å²) in [5, 5.41) is 5.98. The van der Waals surface area contributed by atoms with Crippen molar-refractivity contribution in [1.29, 1.82) is 0 Å². The molecule has 1 saturated carbocycles. The molecular formula is C12H19F3N2O. The van der Waals surface area contributed by atoms with E-state index < -0.39 is 12.1 Å². The number of carbonyl (C=O) groups excluding carboxylic acids is 1. The quantitative estimate of drug-likeness (QED) is 0.818. The van der Waals surface area contributed by atoms with Gasteiger partial charge in [0, 0.05) is 25.0 Å². The lowest BCUT2D eigenvalue weighted by molar-refractivity contribution is -0.183. The molecule has 2 rings (SSSR count). The van der Waals surface area contributed by atoms with Crippen molar-refractivity contribution in [3.8, 4) is 0 Å². The smallest absolute Gasteiger partial charge is 0.352 e. The molecule has 1 amide bonds. The van der Waals surface area contributed by atoms with E-state index in [0.717, 1.165) is 12.8 Å². The molecule has 18 heavy (non-hydrogen) atoms. The summed E-state index contributed by atoms with van der Waals surface area (Å²) in [7, 11) is 0. The fourth-order valence-electron chi connectivity index (χ4n) is 2.81. The third-order valence-electron chi connectivity index (χ3n) is 3.88. The Morgan fingerprint density at radius 3 is 2.67 bits per heavy atom. The number of rotatable bonds is 3. The van der Waals surface area contributed by atoms with Crippen molar-refractivity contribution in [1.82, 2.24) is 10.6 Å². The van der Waals surface area contributed by atoms with Gasteiger partial charge in [0.1, 0.15) is 0 Å². The highest BCUT2D eigenvalue weighted by Gasteiger charge is 2.42. The predicted octanol–water partition coefficient (Wildman–Crippen LogP) is 1.98. The fourth-order valence-corrected chi connectivity index (χ4v) is 2.81. The molecule has 1 heterocycles. The number of hydrogen-bond donors (Lipinski definition) is 2. The normalized spacial score (nSPS) is 33.5. The lowest BCUT2D eigenvalue weighted by Crippen LogP contribution is -2.44. The monoisotopic (exact) mass is 264 g/mol. The SMILES string of the molecule is O=C1CCC(CNC2CCCC(C(F)(F)F)C2)N1. The minimum atomic E-state index is -4.07. The summed E-state index contributed by atoms with van der Waals surface area (Å²) in [5.41, 5.74) is 0. The molecule has 3 unspecified atom stereocenters. The Morgan fingerprint density at radius 1 is 1.28 bits per heavy atom. The number of nitrogens with one attached hydrogen (secondary N) is 2. The van der Waals surface area contributed by atoms with E-state index in [1.165, 1.54) is 0 Å². The van der Waals surface area contributed by atoms with Crippen LogP contribution in [0.4, 0.5) is 13.2 Å². The Bertz CT molecular complexity index is 306. The first-order valence-corrected chi connectivity index (χ1v) is 6.54. The second-order valence-electron chi connectivity index (χ2n) is 5.31. The van der Waals surface area contributed by atoms with Crippen molar-refractivity contribution in [3.63, 3.8) is 0 Å². The van der Waals surface area contributed by atoms with E-state index in [-0.39, 0.29) is 30.8 Å². The third-order valence-corrected chi connectivity index (χ3v) is 3.88. The molecule has 2 fully saturated rings. The number of carbonyl (C=O) groups is 1. The first-order chi connectivity index (χ1) is 8.45. The van der Waals surface area contributed by atoms with Crippen LogP contribution < -0.4 is 10.6 Å². The van der Waals surface area contributed by atoms with Crippen LogP contribution in [0.1, 0.15) is 38.5 Å². The van der Waals surface area contributed by atoms with Gasteiger partial charge in [0.05, 0.1) is 5.92 Å². The minimum absolute atomic E-state index is 0.0404. The first kappa shape index (κ1) is 13.6. The lowest BCUT2D eigenvalue weighted by Gasteiger charge is -2.31. The summed E-state index contributed by atoms with van der Waals surface area (Å²) < 4.78 is 37.9. The van der Waals surface area contributed by atoms with Gasteiger partial charge < -0.3 is 10.6 Å². The van der Waals surface area contributed by atoms with Crippen molar-refractivity contribution in [3.05, 3.63) is 0 Å². The largest absolute Gasteiger partial charge is 0.391 e. The van der Waals surface area contributed by atoms with Crippen LogP contribution in [0, 0.1) is 5.92 Å². The van der Waals surface area contributed by atoms with Crippen LogP contribution in [0.3, 0.4) is 0 Å². The molecule has 2 aliphatic rings. The maximum absolute atomic E-state index is 12.6. The zero-order valence-electron chi connectivity index (χ0n) is 10.2. The fraction of sp³-hybridized carbons (Fsp3) is 0.917. The maximum Gasteiger partial charge on any atom is 0.391 e. The van der Waals surface area contributed by atoms with Crippen LogP contribution in [0.25, 0.3) is 0 Å². The third kappa shape index (κ3) is 3.60. The average Bonchev–Trinajstić information content (AvgIpc) is 2.72. The predicted molar refractivity (Wildman–Crippen MR) is 61.0 cm³/mol. The van der Waals surface area contributed by atoms with Crippen molar-refractivity contribution in [2.24, 2.45) is 5.92 Å². The Morgan fingerprint density at radius 2 is 2.06 bits per heavy atom. The number of halogens is 3. The van der Waals surface area contributed by atoms with E-state index in [9.17, 15) is 18.0 Å². The molecule has 2 N–H and O–H groups in total. The van der Waals surface area contributed by atoms with Gasteiger partial charge in [-0.25, -0.2) is 0 Å². The van der Waals surface area contributed by atoms with Gasteiger partial charge in [0.2, 0.25) is 5.91 Å². The second-order valence-corrected chi connectivity index (χ2v) is 5.31. The van der Waals surface area contributed by atoms with Gasteiger partial charge in [-0.2, -0.15) is 13.2 Å². The van der Waals surface area contributed by atoms with Crippen LogP contribution in [0.15, 0.2) is 0 Å². The Kier molecular flexibility index (Phi) is 4.14. The molecule has 3 atom stereocenters. The number of hydrogen-bond acceptors (Lipinski definition) is 2. The van der Waals surface area contributed by atoms with E-state index >= 15 is 0 Å². The Labute approximate surface area is 104 Å². The minimum Gasteiger partial charge on any atom is -0.352 e. The molecule has 0 aromatic heterocycles. The summed E-state index contributed by atoms with van der Waals surface area (Å²) >= 11 is 0. The molecular weight excluding hydrogens is 245 g/mol. The topological polar surface area (TPSA) is 41.1 Å².